The fourth-order valence-corrected chi connectivity index (χ4v) is 2.64. The molecule has 0 aliphatic carbocycles. The average Bonchev–Trinajstić information content (AvgIpc) is 2.92. The third kappa shape index (κ3) is 2.86. The average molecular weight is 348 g/mol. The van der Waals surface area contributed by atoms with Crippen LogP contribution in [-0.4, -0.2) is 26.5 Å². The zero-order valence-corrected chi connectivity index (χ0v) is 14.5. The second kappa shape index (κ2) is 6.64. The SMILES string of the molecule is Cc1c(/C=N\NC(=O)c2nn(C)c(=O)c3ccccc23)cc(C#N)n1C. The molecule has 0 bridgehead atoms. The summed E-state index contributed by atoms with van der Waals surface area (Å²) in [7, 11) is 3.27. The van der Waals surface area contributed by atoms with Gasteiger partial charge in [-0.15, -0.1) is 0 Å². The van der Waals surface area contributed by atoms with E-state index in [1.165, 1.54) is 13.3 Å². The number of aromatic nitrogens is 3. The Hall–Kier alpha value is -3.73. The Bertz CT molecular complexity index is 1150. The Balaban J connectivity index is 1.90. The van der Waals surface area contributed by atoms with Crippen LogP contribution in [0.3, 0.4) is 0 Å². The molecule has 8 heteroatoms. The molecular formula is C18H16N6O2. The van der Waals surface area contributed by atoms with Gasteiger partial charge in [-0.1, -0.05) is 18.2 Å². The number of nitrogens with one attached hydrogen (secondary N) is 1. The molecule has 0 fully saturated rings. The number of amides is 1. The van der Waals surface area contributed by atoms with E-state index in [4.69, 9.17) is 5.26 Å². The number of nitriles is 1. The van der Waals surface area contributed by atoms with Crippen LogP contribution in [0.1, 0.15) is 27.4 Å². The van der Waals surface area contributed by atoms with E-state index >= 15 is 0 Å². The molecule has 0 radical (unpaired) electrons. The van der Waals surface area contributed by atoms with Crippen molar-refractivity contribution in [1.29, 1.82) is 5.26 Å². The molecule has 0 aliphatic rings. The molecular weight excluding hydrogens is 332 g/mol. The predicted molar refractivity (Wildman–Crippen MR) is 96.9 cm³/mol. The van der Waals surface area contributed by atoms with E-state index in [9.17, 15) is 9.59 Å². The molecule has 0 atom stereocenters. The topological polar surface area (TPSA) is 105 Å². The van der Waals surface area contributed by atoms with Crippen molar-refractivity contribution >= 4 is 22.9 Å². The van der Waals surface area contributed by atoms with Gasteiger partial charge < -0.3 is 4.57 Å². The second-order valence-electron chi connectivity index (χ2n) is 5.76. The van der Waals surface area contributed by atoms with Crippen molar-refractivity contribution in [3.05, 3.63) is 63.3 Å². The number of rotatable bonds is 3. The minimum Gasteiger partial charge on any atom is -0.339 e. The van der Waals surface area contributed by atoms with Crippen LogP contribution in [0, 0.1) is 18.3 Å². The predicted octanol–water partition coefficient (Wildman–Crippen LogP) is 1.22. The number of aryl methyl sites for hydroxylation is 1. The van der Waals surface area contributed by atoms with E-state index < -0.39 is 5.91 Å². The quantitative estimate of drug-likeness (QED) is 0.567. The van der Waals surface area contributed by atoms with E-state index in [0.29, 0.717) is 16.5 Å². The molecule has 3 rings (SSSR count). The van der Waals surface area contributed by atoms with Gasteiger partial charge in [0.25, 0.3) is 11.5 Å². The first kappa shape index (κ1) is 17.1. The number of fused-ring (bicyclic) bond motifs is 1. The van der Waals surface area contributed by atoms with Crippen molar-refractivity contribution in [2.75, 3.05) is 0 Å². The number of carbonyl (C=O) groups excluding carboxylic acids is 1. The van der Waals surface area contributed by atoms with E-state index in [0.717, 1.165) is 15.9 Å². The van der Waals surface area contributed by atoms with Gasteiger partial charge in [-0.3, -0.25) is 9.59 Å². The van der Waals surface area contributed by atoms with E-state index in [1.807, 2.05) is 6.92 Å². The van der Waals surface area contributed by atoms with Crippen molar-refractivity contribution in [2.45, 2.75) is 6.92 Å². The smallest absolute Gasteiger partial charge is 0.292 e. The van der Waals surface area contributed by atoms with Crippen LogP contribution in [0.4, 0.5) is 0 Å². The van der Waals surface area contributed by atoms with Gasteiger partial charge >= 0.3 is 0 Å². The Morgan fingerprint density at radius 2 is 2.00 bits per heavy atom. The summed E-state index contributed by atoms with van der Waals surface area (Å²) in [5.41, 5.74) is 4.34. The van der Waals surface area contributed by atoms with Crippen molar-refractivity contribution in [3.8, 4) is 6.07 Å². The largest absolute Gasteiger partial charge is 0.339 e. The monoisotopic (exact) mass is 348 g/mol. The van der Waals surface area contributed by atoms with Gasteiger partial charge in [-0.2, -0.15) is 15.5 Å². The van der Waals surface area contributed by atoms with Gasteiger partial charge in [0.05, 0.1) is 11.6 Å². The maximum absolute atomic E-state index is 12.5. The standard InChI is InChI=1S/C18H16N6O2/c1-11-12(8-13(9-19)23(11)2)10-20-21-17(25)16-14-6-4-5-7-15(14)18(26)24(3)22-16/h4-8,10H,1-3H3,(H,21,25)/b20-10-. The lowest BCUT2D eigenvalue weighted by molar-refractivity contribution is 0.0950. The summed E-state index contributed by atoms with van der Waals surface area (Å²) in [6, 6.07) is 10.6. The summed E-state index contributed by atoms with van der Waals surface area (Å²) < 4.78 is 2.87. The summed E-state index contributed by atoms with van der Waals surface area (Å²) in [5.74, 6) is -0.526. The lowest BCUT2D eigenvalue weighted by Crippen LogP contribution is -2.27. The normalized spacial score (nSPS) is 11.0. The van der Waals surface area contributed by atoms with Crippen LogP contribution < -0.4 is 11.0 Å². The van der Waals surface area contributed by atoms with Crippen LogP contribution in [0.5, 0.6) is 0 Å². The highest BCUT2D eigenvalue weighted by molar-refractivity contribution is 6.05. The summed E-state index contributed by atoms with van der Waals surface area (Å²) in [4.78, 5) is 24.6. The first-order valence-corrected chi connectivity index (χ1v) is 7.80. The van der Waals surface area contributed by atoms with E-state index in [1.54, 1.807) is 41.9 Å². The lowest BCUT2D eigenvalue weighted by Gasteiger charge is -2.06. The molecule has 0 saturated carbocycles. The van der Waals surface area contributed by atoms with Crippen molar-refractivity contribution in [3.63, 3.8) is 0 Å². The maximum atomic E-state index is 12.5. The zero-order valence-electron chi connectivity index (χ0n) is 14.5. The highest BCUT2D eigenvalue weighted by Crippen LogP contribution is 2.13. The Labute approximate surface area is 149 Å². The van der Waals surface area contributed by atoms with Gasteiger partial charge in [0.1, 0.15) is 11.8 Å². The lowest BCUT2D eigenvalue weighted by atomic mass is 10.1. The molecule has 8 nitrogen and oxygen atoms in total. The number of nitrogens with zero attached hydrogens (tertiary/aromatic N) is 5. The Morgan fingerprint density at radius 3 is 2.65 bits per heavy atom. The summed E-state index contributed by atoms with van der Waals surface area (Å²) >= 11 is 0. The summed E-state index contributed by atoms with van der Waals surface area (Å²) in [6.45, 7) is 1.85. The van der Waals surface area contributed by atoms with Crippen LogP contribution >= 0.6 is 0 Å². The van der Waals surface area contributed by atoms with Gasteiger partial charge in [0.15, 0.2) is 5.69 Å². The fraction of sp³-hybridized carbons (Fsp3) is 0.167. The van der Waals surface area contributed by atoms with Crippen molar-refractivity contribution in [1.82, 2.24) is 19.8 Å². The Kier molecular flexibility index (Phi) is 4.37. The number of hydrogen-bond donors (Lipinski definition) is 1. The molecule has 0 spiro atoms. The molecule has 2 heterocycles. The molecule has 26 heavy (non-hydrogen) atoms. The highest BCUT2D eigenvalue weighted by atomic mass is 16.2. The molecule has 1 amide bonds. The molecule has 1 N–H and O–H groups in total. The number of benzene rings is 1. The Morgan fingerprint density at radius 1 is 1.31 bits per heavy atom. The first-order valence-electron chi connectivity index (χ1n) is 7.80. The first-order chi connectivity index (χ1) is 12.4. The van der Waals surface area contributed by atoms with Crippen LogP contribution in [0.15, 0.2) is 40.2 Å². The number of carbonyl (C=O) groups is 1. The molecule has 130 valence electrons. The summed E-state index contributed by atoms with van der Waals surface area (Å²) in [5, 5.41) is 17.9. The number of hydrazone groups is 1. The molecule has 3 aromatic rings. The second-order valence-corrected chi connectivity index (χ2v) is 5.76. The molecule has 2 aromatic heterocycles. The zero-order chi connectivity index (χ0) is 18.8. The molecule has 1 aromatic carbocycles. The van der Waals surface area contributed by atoms with Crippen LogP contribution in [0.25, 0.3) is 10.8 Å². The van der Waals surface area contributed by atoms with Gasteiger partial charge in [-0.25, -0.2) is 10.1 Å². The summed E-state index contributed by atoms with van der Waals surface area (Å²) in [6.07, 6.45) is 1.47. The van der Waals surface area contributed by atoms with Crippen molar-refractivity contribution in [2.24, 2.45) is 19.2 Å². The van der Waals surface area contributed by atoms with Gasteiger partial charge in [-0.05, 0) is 19.1 Å². The minimum atomic E-state index is -0.526. The molecule has 0 saturated heterocycles. The maximum Gasteiger partial charge on any atom is 0.292 e. The third-order valence-electron chi connectivity index (χ3n) is 4.23. The van der Waals surface area contributed by atoms with Crippen LogP contribution in [0.2, 0.25) is 0 Å². The van der Waals surface area contributed by atoms with Gasteiger partial charge in [0, 0.05) is 30.7 Å². The number of hydrogen-bond acceptors (Lipinski definition) is 5. The minimum absolute atomic E-state index is 0.113. The highest BCUT2D eigenvalue weighted by Gasteiger charge is 2.15. The van der Waals surface area contributed by atoms with Crippen molar-refractivity contribution < 1.29 is 4.79 Å². The van der Waals surface area contributed by atoms with E-state index in [-0.39, 0.29) is 11.3 Å². The third-order valence-corrected chi connectivity index (χ3v) is 4.23. The molecule has 0 unspecified atom stereocenters. The fourth-order valence-electron chi connectivity index (χ4n) is 2.64. The van der Waals surface area contributed by atoms with E-state index in [2.05, 4.69) is 21.7 Å². The van der Waals surface area contributed by atoms with Gasteiger partial charge in [0.2, 0.25) is 0 Å². The van der Waals surface area contributed by atoms with Crippen LogP contribution in [-0.2, 0) is 14.1 Å². The molecule has 0 aliphatic heterocycles.